The zero-order chi connectivity index (χ0) is 14.1. The maximum Gasteiger partial charge on any atom is 0.240 e. The van der Waals surface area contributed by atoms with Gasteiger partial charge in [-0.3, -0.25) is 0 Å². The van der Waals surface area contributed by atoms with Crippen LogP contribution in [-0.4, -0.2) is 30.9 Å². The number of fused-ring (bicyclic) bond motifs is 1. The first-order valence-electron chi connectivity index (χ1n) is 6.84. The fourth-order valence-corrected chi connectivity index (χ4v) is 2.47. The predicted octanol–water partition coefficient (Wildman–Crippen LogP) is 1.03. The largest absolute Gasteiger partial charge is 0.472 e. The standard InChI is InChI=1S/C13H14N6O2/c1-2-11-15-8-16-19(11)6-10(1)14-5-12-17-13(18-21-12)9-3-4-20-7-9/h3-4,7-8,10,14H,1-2,5-6H2. The molecule has 8 nitrogen and oxygen atoms in total. The van der Waals surface area contributed by atoms with Crippen LogP contribution in [0, 0.1) is 0 Å². The third kappa shape index (κ3) is 2.45. The summed E-state index contributed by atoms with van der Waals surface area (Å²) in [7, 11) is 0. The average Bonchev–Trinajstić information content (AvgIpc) is 3.24. The zero-order valence-corrected chi connectivity index (χ0v) is 11.3. The first kappa shape index (κ1) is 12.3. The van der Waals surface area contributed by atoms with Crippen LogP contribution in [0.2, 0.25) is 0 Å². The summed E-state index contributed by atoms with van der Waals surface area (Å²) in [4.78, 5) is 8.55. The lowest BCUT2D eigenvalue weighted by Gasteiger charge is -2.22. The highest BCUT2D eigenvalue weighted by Crippen LogP contribution is 2.16. The Bertz CT molecular complexity index is 717. The minimum Gasteiger partial charge on any atom is -0.472 e. The van der Waals surface area contributed by atoms with Crippen LogP contribution in [0.1, 0.15) is 18.1 Å². The molecule has 108 valence electrons. The molecule has 0 bridgehead atoms. The molecular formula is C13H14N6O2. The van der Waals surface area contributed by atoms with Gasteiger partial charge >= 0.3 is 0 Å². The van der Waals surface area contributed by atoms with E-state index in [0.29, 0.717) is 24.3 Å². The summed E-state index contributed by atoms with van der Waals surface area (Å²) in [6.07, 6.45) is 6.74. The number of nitrogens with one attached hydrogen (secondary N) is 1. The van der Waals surface area contributed by atoms with Crippen molar-refractivity contribution in [1.82, 2.24) is 30.2 Å². The van der Waals surface area contributed by atoms with Crippen molar-refractivity contribution in [3.63, 3.8) is 0 Å². The molecular weight excluding hydrogens is 272 g/mol. The monoisotopic (exact) mass is 286 g/mol. The van der Waals surface area contributed by atoms with Gasteiger partial charge in [0.1, 0.15) is 18.4 Å². The lowest BCUT2D eigenvalue weighted by molar-refractivity contribution is 0.320. The normalized spacial score (nSPS) is 17.8. The van der Waals surface area contributed by atoms with Gasteiger partial charge < -0.3 is 14.3 Å². The molecule has 0 fully saturated rings. The molecule has 0 aliphatic carbocycles. The van der Waals surface area contributed by atoms with Crippen LogP contribution in [0.4, 0.5) is 0 Å². The second-order valence-corrected chi connectivity index (χ2v) is 5.00. The number of nitrogens with zero attached hydrogens (tertiary/aromatic N) is 5. The molecule has 0 amide bonds. The molecule has 8 heteroatoms. The maximum absolute atomic E-state index is 5.23. The van der Waals surface area contributed by atoms with Gasteiger partial charge in [0.25, 0.3) is 0 Å². The molecule has 1 atom stereocenters. The topological polar surface area (TPSA) is 94.8 Å². The van der Waals surface area contributed by atoms with Crippen LogP contribution in [0.25, 0.3) is 11.4 Å². The van der Waals surface area contributed by atoms with E-state index in [0.717, 1.165) is 30.8 Å². The van der Waals surface area contributed by atoms with Gasteiger partial charge in [-0.2, -0.15) is 10.1 Å². The minimum absolute atomic E-state index is 0.337. The first-order valence-corrected chi connectivity index (χ1v) is 6.84. The van der Waals surface area contributed by atoms with E-state index >= 15 is 0 Å². The molecule has 1 N–H and O–H groups in total. The smallest absolute Gasteiger partial charge is 0.240 e. The Morgan fingerprint density at radius 3 is 3.33 bits per heavy atom. The van der Waals surface area contributed by atoms with Gasteiger partial charge in [-0.25, -0.2) is 9.67 Å². The molecule has 0 saturated carbocycles. The van der Waals surface area contributed by atoms with Crippen molar-refractivity contribution < 1.29 is 8.94 Å². The van der Waals surface area contributed by atoms with Crippen LogP contribution in [-0.2, 0) is 19.5 Å². The quantitative estimate of drug-likeness (QED) is 0.765. The van der Waals surface area contributed by atoms with E-state index in [1.165, 1.54) is 0 Å². The summed E-state index contributed by atoms with van der Waals surface area (Å²) < 4.78 is 12.2. The lowest BCUT2D eigenvalue weighted by atomic mass is 10.1. The Hall–Kier alpha value is -2.48. The van der Waals surface area contributed by atoms with Gasteiger partial charge in [-0.1, -0.05) is 5.16 Å². The summed E-state index contributed by atoms with van der Waals surface area (Å²) in [5, 5.41) is 11.6. The molecule has 1 aliphatic rings. The van der Waals surface area contributed by atoms with Crippen molar-refractivity contribution in [2.75, 3.05) is 0 Å². The fourth-order valence-electron chi connectivity index (χ4n) is 2.47. The number of furan rings is 1. The van der Waals surface area contributed by atoms with Gasteiger partial charge in [0.2, 0.25) is 11.7 Å². The second-order valence-electron chi connectivity index (χ2n) is 5.00. The number of hydrogen-bond acceptors (Lipinski definition) is 7. The van der Waals surface area contributed by atoms with Crippen molar-refractivity contribution in [3.05, 3.63) is 36.6 Å². The first-order chi connectivity index (χ1) is 10.4. The highest BCUT2D eigenvalue weighted by molar-refractivity contribution is 5.51. The van der Waals surface area contributed by atoms with E-state index in [1.807, 2.05) is 4.68 Å². The van der Waals surface area contributed by atoms with E-state index in [2.05, 4.69) is 25.5 Å². The van der Waals surface area contributed by atoms with Crippen LogP contribution in [0.3, 0.4) is 0 Å². The number of hydrogen-bond donors (Lipinski definition) is 1. The maximum atomic E-state index is 5.23. The molecule has 0 radical (unpaired) electrons. The molecule has 3 aromatic rings. The van der Waals surface area contributed by atoms with Crippen molar-refractivity contribution >= 4 is 0 Å². The molecule has 0 saturated heterocycles. The summed E-state index contributed by atoms with van der Waals surface area (Å²) in [5.74, 6) is 2.16. The Labute approximate surface area is 120 Å². The SMILES string of the molecule is c1nc2n(n1)CC(NCc1nc(-c3ccoc3)no1)CC2. The van der Waals surface area contributed by atoms with Crippen LogP contribution < -0.4 is 5.32 Å². The highest BCUT2D eigenvalue weighted by Gasteiger charge is 2.20. The summed E-state index contributed by atoms with van der Waals surface area (Å²) in [6, 6.07) is 2.14. The van der Waals surface area contributed by atoms with Crippen LogP contribution >= 0.6 is 0 Å². The lowest BCUT2D eigenvalue weighted by Crippen LogP contribution is -2.37. The van der Waals surface area contributed by atoms with Crippen molar-refractivity contribution in [2.45, 2.75) is 32.0 Å². The molecule has 4 heterocycles. The Morgan fingerprint density at radius 2 is 2.43 bits per heavy atom. The van der Waals surface area contributed by atoms with E-state index in [-0.39, 0.29) is 0 Å². The van der Waals surface area contributed by atoms with E-state index in [9.17, 15) is 0 Å². The number of aromatic nitrogens is 5. The Kier molecular flexibility index (Phi) is 3.00. The highest BCUT2D eigenvalue weighted by atomic mass is 16.5. The summed E-state index contributed by atoms with van der Waals surface area (Å²) in [6.45, 7) is 1.36. The Morgan fingerprint density at radius 1 is 1.43 bits per heavy atom. The third-order valence-electron chi connectivity index (χ3n) is 3.59. The molecule has 21 heavy (non-hydrogen) atoms. The van der Waals surface area contributed by atoms with Crippen molar-refractivity contribution in [2.24, 2.45) is 0 Å². The molecule has 4 rings (SSSR count). The van der Waals surface area contributed by atoms with Gasteiger partial charge in [0, 0.05) is 12.5 Å². The zero-order valence-electron chi connectivity index (χ0n) is 11.3. The van der Waals surface area contributed by atoms with Gasteiger partial charge in [-0.05, 0) is 12.5 Å². The van der Waals surface area contributed by atoms with E-state index in [1.54, 1.807) is 24.9 Å². The summed E-state index contributed by atoms with van der Waals surface area (Å²) in [5.41, 5.74) is 0.815. The number of rotatable bonds is 4. The predicted molar refractivity (Wildman–Crippen MR) is 71.0 cm³/mol. The van der Waals surface area contributed by atoms with Gasteiger partial charge in [0.05, 0.1) is 24.9 Å². The molecule has 3 aromatic heterocycles. The summed E-state index contributed by atoms with van der Waals surface area (Å²) >= 11 is 0. The van der Waals surface area contributed by atoms with E-state index < -0.39 is 0 Å². The second kappa shape index (κ2) is 5.13. The average molecular weight is 286 g/mol. The fraction of sp³-hybridized carbons (Fsp3) is 0.385. The van der Waals surface area contributed by atoms with Crippen LogP contribution in [0.5, 0.6) is 0 Å². The van der Waals surface area contributed by atoms with Gasteiger partial charge in [-0.15, -0.1) is 0 Å². The minimum atomic E-state index is 0.337. The third-order valence-corrected chi connectivity index (χ3v) is 3.59. The number of aryl methyl sites for hydroxylation is 1. The van der Waals surface area contributed by atoms with Gasteiger partial charge in [0.15, 0.2) is 0 Å². The Balaban J connectivity index is 1.37. The molecule has 1 unspecified atom stereocenters. The van der Waals surface area contributed by atoms with Crippen molar-refractivity contribution in [1.29, 1.82) is 0 Å². The van der Waals surface area contributed by atoms with Crippen molar-refractivity contribution in [3.8, 4) is 11.4 Å². The van der Waals surface area contributed by atoms with E-state index in [4.69, 9.17) is 8.94 Å². The van der Waals surface area contributed by atoms with Crippen LogP contribution in [0.15, 0.2) is 33.9 Å². The molecule has 1 aliphatic heterocycles. The molecule has 0 spiro atoms. The molecule has 0 aromatic carbocycles.